The largest absolute Gasteiger partial charge is 0.497 e. The van der Waals surface area contributed by atoms with Gasteiger partial charge in [-0.2, -0.15) is 0 Å². The normalized spacial score (nSPS) is 14.4. The number of hydrogen-bond acceptors (Lipinski definition) is 3. The lowest BCUT2D eigenvalue weighted by molar-refractivity contribution is 0.183. The van der Waals surface area contributed by atoms with Gasteiger partial charge in [0.25, 0.3) is 0 Å². The Kier molecular flexibility index (Phi) is 6.87. The standard InChI is InChI=1S/C30H34N2O2/c1-23-28-11-4-5-12-29(28)32(30(23)25-9-8-10-27(21-25)33-2)22-24-13-15-26(16-14-24)34-20-19-31-17-6-3-7-18-31/h4-5,8-16,21H,3,6-7,17-20,22H2,1-2H3. The molecule has 0 unspecified atom stereocenters. The second kappa shape index (κ2) is 10.4. The van der Waals surface area contributed by atoms with Crippen molar-refractivity contribution < 1.29 is 9.47 Å². The average molecular weight is 455 g/mol. The van der Waals surface area contributed by atoms with Gasteiger partial charge in [-0.1, -0.05) is 48.9 Å². The van der Waals surface area contributed by atoms with Crippen LogP contribution in [-0.2, 0) is 6.54 Å². The maximum absolute atomic E-state index is 6.04. The summed E-state index contributed by atoms with van der Waals surface area (Å²) >= 11 is 0. The van der Waals surface area contributed by atoms with Crippen molar-refractivity contribution in [3.8, 4) is 22.8 Å². The monoisotopic (exact) mass is 454 g/mol. The highest BCUT2D eigenvalue weighted by Gasteiger charge is 2.16. The zero-order valence-corrected chi connectivity index (χ0v) is 20.3. The summed E-state index contributed by atoms with van der Waals surface area (Å²) in [5.74, 6) is 1.82. The van der Waals surface area contributed by atoms with Crippen molar-refractivity contribution in [3.05, 3.63) is 83.9 Å². The van der Waals surface area contributed by atoms with E-state index >= 15 is 0 Å². The van der Waals surface area contributed by atoms with Crippen molar-refractivity contribution in [2.45, 2.75) is 32.7 Å². The lowest BCUT2D eigenvalue weighted by Gasteiger charge is -2.26. The van der Waals surface area contributed by atoms with E-state index in [1.807, 2.05) is 6.07 Å². The van der Waals surface area contributed by atoms with Crippen LogP contribution in [0.1, 0.15) is 30.4 Å². The second-order valence-corrected chi connectivity index (χ2v) is 9.20. The molecule has 0 atom stereocenters. The van der Waals surface area contributed by atoms with Gasteiger partial charge in [-0.3, -0.25) is 4.90 Å². The first-order valence-corrected chi connectivity index (χ1v) is 12.4. The van der Waals surface area contributed by atoms with Gasteiger partial charge in [-0.05, 0) is 74.3 Å². The van der Waals surface area contributed by atoms with E-state index in [0.29, 0.717) is 0 Å². The number of nitrogens with zero attached hydrogens (tertiary/aromatic N) is 2. The van der Waals surface area contributed by atoms with Gasteiger partial charge in [0.15, 0.2) is 0 Å². The van der Waals surface area contributed by atoms with Crippen LogP contribution in [-0.4, -0.2) is 42.8 Å². The predicted octanol–water partition coefficient (Wildman–Crippen LogP) is 6.54. The molecular weight excluding hydrogens is 420 g/mol. The van der Waals surface area contributed by atoms with Crippen molar-refractivity contribution in [2.75, 3.05) is 33.4 Å². The number of methoxy groups -OCH3 is 1. The lowest BCUT2D eigenvalue weighted by Crippen LogP contribution is -2.33. The number of rotatable bonds is 8. The number of fused-ring (bicyclic) bond motifs is 1. The topological polar surface area (TPSA) is 26.6 Å². The minimum absolute atomic E-state index is 0.751. The molecule has 4 aromatic rings. The van der Waals surface area contributed by atoms with Crippen LogP contribution in [0.4, 0.5) is 0 Å². The first kappa shape index (κ1) is 22.5. The summed E-state index contributed by atoms with van der Waals surface area (Å²) in [7, 11) is 1.72. The molecule has 0 spiro atoms. The van der Waals surface area contributed by atoms with Crippen LogP contribution in [0.25, 0.3) is 22.2 Å². The van der Waals surface area contributed by atoms with Gasteiger partial charge in [-0.25, -0.2) is 0 Å². The Labute approximate surface area is 202 Å². The summed E-state index contributed by atoms with van der Waals surface area (Å²) in [5, 5.41) is 1.29. The molecular formula is C30H34N2O2. The van der Waals surface area contributed by atoms with Crippen LogP contribution < -0.4 is 9.47 Å². The SMILES string of the molecule is COc1cccc(-c2c(C)c3ccccc3n2Cc2ccc(OCCN3CCCCC3)cc2)c1. The summed E-state index contributed by atoms with van der Waals surface area (Å²) in [6.07, 6.45) is 4.01. The smallest absolute Gasteiger partial charge is 0.119 e. The number of likely N-dealkylation sites (tertiary alicyclic amines) is 1. The molecule has 0 aliphatic carbocycles. The maximum atomic E-state index is 6.04. The van der Waals surface area contributed by atoms with E-state index in [9.17, 15) is 0 Å². The molecule has 2 heterocycles. The Morgan fingerprint density at radius 3 is 2.41 bits per heavy atom. The highest BCUT2D eigenvalue weighted by molar-refractivity contribution is 5.91. The van der Waals surface area contributed by atoms with Crippen LogP contribution in [0.3, 0.4) is 0 Å². The molecule has 0 amide bonds. The molecule has 0 saturated carbocycles. The molecule has 1 aliphatic heterocycles. The van der Waals surface area contributed by atoms with Gasteiger partial charge in [0, 0.05) is 29.6 Å². The predicted molar refractivity (Wildman–Crippen MR) is 140 cm³/mol. The quantitative estimate of drug-likeness (QED) is 0.302. The van der Waals surface area contributed by atoms with E-state index in [-0.39, 0.29) is 0 Å². The van der Waals surface area contributed by atoms with Gasteiger partial charge in [0.1, 0.15) is 18.1 Å². The fourth-order valence-corrected chi connectivity index (χ4v) is 5.13. The van der Waals surface area contributed by atoms with E-state index in [2.05, 4.69) is 83.1 Å². The molecule has 34 heavy (non-hydrogen) atoms. The minimum atomic E-state index is 0.751. The number of aromatic nitrogens is 1. The van der Waals surface area contributed by atoms with Gasteiger partial charge in [0.2, 0.25) is 0 Å². The number of aryl methyl sites for hydroxylation is 1. The molecule has 5 rings (SSSR count). The van der Waals surface area contributed by atoms with Crippen molar-refractivity contribution in [2.24, 2.45) is 0 Å². The van der Waals surface area contributed by atoms with Gasteiger partial charge in [-0.15, -0.1) is 0 Å². The fraction of sp³-hybridized carbons (Fsp3) is 0.333. The summed E-state index contributed by atoms with van der Waals surface area (Å²) in [6.45, 7) is 7.20. The van der Waals surface area contributed by atoms with E-state index < -0.39 is 0 Å². The number of para-hydroxylation sites is 1. The van der Waals surface area contributed by atoms with Gasteiger partial charge >= 0.3 is 0 Å². The lowest BCUT2D eigenvalue weighted by atomic mass is 10.1. The van der Waals surface area contributed by atoms with E-state index in [1.54, 1.807) is 7.11 Å². The summed E-state index contributed by atoms with van der Waals surface area (Å²) in [6, 6.07) is 25.6. The Hall–Kier alpha value is -3.24. The molecule has 176 valence electrons. The third-order valence-corrected chi connectivity index (χ3v) is 6.96. The van der Waals surface area contributed by atoms with Crippen LogP contribution >= 0.6 is 0 Å². The number of benzene rings is 3. The molecule has 4 heteroatoms. The summed E-state index contributed by atoms with van der Waals surface area (Å²) < 4.78 is 14.0. The van der Waals surface area contributed by atoms with E-state index in [1.165, 1.54) is 65.6 Å². The molecule has 1 fully saturated rings. The molecule has 0 N–H and O–H groups in total. The third-order valence-electron chi connectivity index (χ3n) is 6.96. The van der Waals surface area contributed by atoms with Crippen LogP contribution in [0, 0.1) is 6.92 Å². The molecule has 0 bridgehead atoms. The first-order valence-electron chi connectivity index (χ1n) is 12.4. The first-order chi connectivity index (χ1) is 16.7. The van der Waals surface area contributed by atoms with E-state index in [4.69, 9.17) is 9.47 Å². The van der Waals surface area contributed by atoms with E-state index in [0.717, 1.165) is 31.2 Å². The van der Waals surface area contributed by atoms with Crippen LogP contribution in [0.2, 0.25) is 0 Å². The van der Waals surface area contributed by atoms with Crippen LogP contribution in [0.5, 0.6) is 11.5 Å². The molecule has 4 nitrogen and oxygen atoms in total. The molecule has 1 aliphatic rings. The molecule has 0 radical (unpaired) electrons. The van der Waals surface area contributed by atoms with Crippen molar-refractivity contribution in [1.82, 2.24) is 9.47 Å². The Bertz CT molecular complexity index is 1240. The summed E-state index contributed by atoms with van der Waals surface area (Å²) in [4.78, 5) is 2.51. The fourth-order valence-electron chi connectivity index (χ4n) is 5.13. The number of hydrogen-bond donors (Lipinski definition) is 0. The number of ether oxygens (including phenoxy) is 2. The third kappa shape index (κ3) is 4.83. The zero-order chi connectivity index (χ0) is 23.3. The molecule has 1 saturated heterocycles. The Morgan fingerprint density at radius 1 is 0.824 bits per heavy atom. The second-order valence-electron chi connectivity index (χ2n) is 9.20. The zero-order valence-electron chi connectivity index (χ0n) is 20.3. The van der Waals surface area contributed by atoms with Crippen molar-refractivity contribution in [1.29, 1.82) is 0 Å². The van der Waals surface area contributed by atoms with Crippen LogP contribution in [0.15, 0.2) is 72.8 Å². The van der Waals surface area contributed by atoms with Crippen molar-refractivity contribution >= 4 is 10.9 Å². The Morgan fingerprint density at radius 2 is 1.62 bits per heavy atom. The Balaban J connectivity index is 1.37. The molecule has 3 aromatic carbocycles. The number of piperidine rings is 1. The summed E-state index contributed by atoms with van der Waals surface area (Å²) in [5.41, 5.74) is 6.21. The highest BCUT2D eigenvalue weighted by atomic mass is 16.5. The highest BCUT2D eigenvalue weighted by Crippen LogP contribution is 2.35. The molecule has 1 aromatic heterocycles. The van der Waals surface area contributed by atoms with Gasteiger partial charge < -0.3 is 14.0 Å². The van der Waals surface area contributed by atoms with Gasteiger partial charge in [0.05, 0.1) is 12.8 Å². The maximum Gasteiger partial charge on any atom is 0.119 e. The van der Waals surface area contributed by atoms with Crippen molar-refractivity contribution in [3.63, 3.8) is 0 Å². The minimum Gasteiger partial charge on any atom is -0.497 e. The average Bonchev–Trinajstić information content (AvgIpc) is 3.17.